The van der Waals surface area contributed by atoms with Crippen LogP contribution in [-0.4, -0.2) is 46.8 Å². The van der Waals surface area contributed by atoms with E-state index in [1.54, 1.807) is 4.90 Å². The van der Waals surface area contributed by atoms with Crippen molar-refractivity contribution in [2.75, 3.05) is 19.6 Å². The fourth-order valence-electron chi connectivity index (χ4n) is 3.82. The first-order chi connectivity index (χ1) is 9.63. The smallest absolute Gasteiger partial charge is 0.230 e. The molecule has 20 heavy (non-hydrogen) atoms. The minimum absolute atomic E-state index is 0.0568. The molecule has 4 nitrogen and oxygen atoms in total. The standard InChI is InChI=1S/C16H28N2O2/c1-3-17(4-2)13-9-15(20)18-14(19)8-12-16(18)10-6-5-7-11-16/h3-13H2,1-2H3. The third-order valence-electron chi connectivity index (χ3n) is 5.10. The largest absolute Gasteiger partial charge is 0.303 e. The van der Waals surface area contributed by atoms with Crippen LogP contribution in [0.2, 0.25) is 0 Å². The van der Waals surface area contributed by atoms with E-state index in [9.17, 15) is 9.59 Å². The van der Waals surface area contributed by atoms with Crippen LogP contribution in [0.5, 0.6) is 0 Å². The van der Waals surface area contributed by atoms with Crippen molar-refractivity contribution in [2.45, 2.75) is 70.8 Å². The molecule has 1 saturated heterocycles. The van der Waals surface area contributed by atoms with Crippen LogP contribution in [0.4, 0.5) is 0 Å². The van der Waals surface area contributed by atoms with E-state index < -0.39 is 0 Å². The lowest BCUT2D eigenvalue weighted by Crippen LogP contribution is -2.50. The molecular weight excluding hydrogens is 252 g/mol. The normalized spacial score (nSPS) is 21.9. The highest BCUT2D eigenvalue weighted by molar-refractivity contribution is 5.98. The molecule has 1 aliphatic heterocycles. The number of nitrogens with zero attached hydrogens (tertiary/aromatic N) is 2. The fraction of sp³-hybridized carbons (Fsp3) is 0.875. The Bertz CT molecular complexity index is 357. The molecule has 4 heteroatoms. The van der Waals surface area contributed by atoms with Gasteiger partial charge < -0.3 is 4.90 Å². The van der Waals surface area contributed by atoms with Gasteiger partial charge in [-0.05, 0) is 32.4 Å². The van der Waals surface area contributed by atoms with E-state index in [0.29, 0.717) is 12.8 Å². The molecule has 1 spiro atoms. The molecule has 0 radical (unpaired) electrons. The van der Waals surface area contributed by atoms with Crippen LogP contribution in [0.15, 0.2) is 0 Å². The molecule has 2 fully saturated rings. The summed E-state index contributed by atoms with van der Waals surface area (Å²) in [6, 6.07) is 0. The second-order valence-electron chi connectivity index (χ2n) is 6.18. The molecule has 114 valence electrons. The van der Waals surface area contributed by atoms with Gasteiger partial charge in [-0.2, -0.15) is 0 Å². The maximum Gasteiger partial charge on any atom is 0.230 e. The van der Waals surface area contributed by atoms with Crippen molar-refractivity contribution in [3.63, 3.8) is 0 Å². The van der Waals surface area contributed by atoms with Crippen molar-refractivity contribution in [3.05, 3.63) is 0 Å². The predicted molar refractivity (Wildman–Crippen MR) is 79.3 cm³/mol. The van der Waals surface area contributed by atoms with E-state index >= 15 is 0 Å². The average molecular weight is 280 g/mol. The second kappa shape index (κ2) is 6.70. The summed E-state index contributed by atoms with van der Waals surface area (Å²) in [4.78, 5) is 28.6. The van der Waals surface area contributed by atoms with Gasteiger partial charge in [0.1, 0.15) is 0 Å². The zero-order valence-corrected chi connectivity index (χ0v) is 13.0. The zero-order chi connectivity index (χ0) is 14.6. The van der Waals surface area contributed by atoms with E-state index in [-0.39, 0.29) is 17.4 Å². The topological polar surface area (TPSA) is 40.6 Å². The number of likely N-dealkylation sites (tertiary alicyclic amines) is 1. The van der Waals surface area contributed by atoms with Crippen LogP contribution < -0.4 is 0 Å². The highest BCUT2D eigenvalue weighted by Gasteiger charge is 2.48. The van der Waals surface area contributed by atoms with Gasteiger partial charge in [0, 0.05) is 19.4 Å². The maximum atomic E-state index is 12.5. The van der Waals surface area contributed by atoms with Crippen LogP contribution in [0.3, 0.4) is 0 Å². The molecule has 0 atom stereocenters. The van der Waals surface area contributed by atoms with Crippen molar-refractivity contribution in [2.24, 2.45) is 0 Å². The Morgan fingerprint density at radius 2 is 1.80 bits per heavy atom. The van der Waals surface area contributed by atoms with Gasteiger partial charge in [-0.15, -0.1) is 0 Å². The molecule has 0 aromatic rings. The molecule has 2 aliphatic rings. The Morgan fingerprint density at radius 3 is 2.40 bits per heavy atom. The quantitative estimate of drug-likeness (QED) is 0.777. The predicted octanol–water partition coefficient (Wildman–Crippen LogP) is 2.57. The van der Waals surface area contributed by atoms with Gasteiger partial charge in [0.2, 0.25) is 11.8 Å². The van der Waals surface area contributed by atoms with Crippen LogP contribution >= 0.6 is 0 Å². The summed E-state index contributed by atoms with van der Waals surface area (Å²) in [6.07, 6.45) is 7.55. The van der Waals surface area contributed by atoms with Crippen molar-refractivity contribution in [3.8, 4) is 0 Å². The van der Waals surface area contributed by atoms with E-state index in [1.807, 2.05) is 0 Å². The van der Waals surface area contributed by atoms with Gasteiger partial charge in [-0.25, -0.2) is 0 Å². The van der Waals surface area contributed by atoms with E-state index in [2.05, 4.69) is 18.7 Å². The van der Waals surface area contributed by atoms with Gasteiger partial charge in [0.05, 0.1) is 5.54 Å². The van der Waals surface area contributed by atoms with E-state index in [1.165, 1.54) is 6.42 Å². The lowest BCUT2D eigenvalue weighted by molar-refractivity contribution is -0.148. The highest BCUT2D eigenvalue weighted by Crippen LogP contribution is 2.42. The number of imide groups is 1. The number of amides is 2. The minimum Gasteiger partial charge on any atom is -0.303 e. The summed E-state index contributed by atoms with van der Waals surface area (Å²) < 4.78 is 0. The average Bonchev–Trinajstić information content (AvgIpc) is 2.77. The molecular formula is C16H28N2O2. The summed E-state index contributed by atoms with van der Waals surface area (Å²) in [7, 11) is 0. The third-order valence-corrected chi connectivity index (χ3v) is 5.10. The molecule has 2 amide bonds. The van der Waals surface area contributed by atoms with Gasteiger partial charge in [0.15, 0.2) is 0 Å². The van der Waals surface area contributed by atoms with E-state index in [4.69, 9.17) is 0 Å². The molecule has 2 rings (SSSR count). The first-order valence-corrected chi connectivity index (χ1v) is 8.21. The minimum atomic E-state index is -0.115. The maximum absolute atomic E-state index is 12.5. The number of carbonyl (C=O) groups is 2. The number of carbonyl (C=O) groups excluding carboxylic acids is 2. The number of hydrogen-bond donors (Lipinski definition) is 0. The summed E-state index contributed by atoms with van der Waals surface area (Å²) in [6.45, 7) is 6.91. The van der Waals surface area contributed by atoms with Gasteiger partial charge in [-0.3, -0.25) is 14.5 Å². The fourth-order valence-corrected chi connectivity index (χ4v) is 3.82. The molecule has 0 N–H and O–H groups in total. The third kappa shape index (κ3) is 3.05. The molecule has 1 saturated carbocycles. The lowest BCUT2D eigenvalue weighted by atomic mass is 9.79. The summed E-state index contributed by atoms with van der Waals surface area (Å²) in [5.41, 5.74) is -0.115. The number of rotatable bonds is 5. The monoisotopic (exact) mass is 280 g/mol. The van der Waals surface area contributed by atoms with Gasteiger partial charge >= 0.3 is 0 Å². The van der Waals surface area contributed by atoms with Crippen molar-refractivity contribution >= 4 is 11.8 Å². The van der Waals surface area contributed by atoms with Crippen molar-refractivity contribution in [1.82, 2.24) is 9.80 Å². The first kappa shape index (κ1) is 15.5. The second-order valence-corrected chi connectivity index (χ2v) is 6.18. The highest BCUT2D eigenvalue weighted by atomic mass is 16.2. The van der Waals surface area contributed by atoms with Gasteiger partial charge in [0.25, 0.3) is 0 Å². The Hall–Kier alpha value is -0.900. The SMILES string of the molecule is CCN(CC)CCC(=O)N1C(=O)CCC12CCCCC2. The van der Waals surface area contributed by atoms with Crippen molar-refractivity contribution < 1.29 is 9.59 Å². The Balaban J connectivity index is 2.00. The molecule has 0 aromatic heterocycles. The summed E-state index contributed by atoms with van der Waals surface area (Å²) >= 11 is 0. The molecule has 0 bridgehead atoms. The summed E-state index contributed by atoms with van der Waals surface area (Å²) in [5.74, 6) is 0.123. The molecule has 1 aliphatic carbocycles. The Labute approximate surface area is 122 Å². The summed E-state index contributed by atoms with van der Waals surface area (Å²) in [5, 5.41) is 0. The molecule has 1 heterocycles. The van der Waals surface area contributed by atoms with Crippen molar-refractivity contribution in [1.29, 1.82) is 0 Å². The van der Waals surface area contributed by atoms with Crippen LogP contribution in [-0.2, 0) is 9.59 Å². The van der Waals surface area contributed by atoms with Crippen LogP contribution in [0, 0.1) is 0 Å². The zero-order valence-electron chi connectivity index (χ0n) is 13.0. The van der Waals surface area contributed by atoms with Crippen LogP contribution in [0.25, 0.3) is 0 Å². The van der Waals surface area contributed by atoms with E-state index in [0.717, 1.165) is 51.7 Å². The van der Waals surface area contributed by atoms with Gasteiger partial charge in [-0.1, -0.05) is 33.1 Å². The molecule has 0 unspecified atom stereocenters. The first-order valence-electron chi connectivity index (χ1n) is 8.21. The number of hydrogen-bond acceptors (Lipinski definition) is 3. The Kier molecular flexibility index (Phi) is 5.19. The molecule has 0 aromatic carbocycles. The lowest BCUT2D eigenvalue weighted by Gasteiger charge is -2.40. The Morgan fingerprint density at radius 1 is 1.15 bits per heavy atom. The van der Waals surface area contributed by atoms with Crippen LogP contribution in [0.1, 0.15) is 65.2 Å².